The third-order valence-electron chi connectivity index (χ3n) is 7.89. The fourth-order valence-electron chi connectivity index (χ4n) is 6.41. The zero-order valence-corrected chi connectivity index (χ0v) is 19.5. The van der Waals surface area contributed by atoms with Gasteiger partial charge < -0.3 is 10.1 Å². The monoisotopic (exact) mass is 469 g/mol. The van der Waals surface area contributed by atoms with Gasteiger partial charge in [-0.3, -0.25) is 19.8 Å². The van der Waals surface area contributed by atoms with E-state index in [2.05, 4.69) is 22.3 Å². The first-order valence-corrected chi connectivity index (χ1v) is 12.1. The number of hydrogen-bond acceptors (Lipinski definition) is 5. The summed E-state index contributed by atoms with van der Waals surface area (Å²) in [4.78, 5) is 28.0. The Kier molecular flexibility index (Phi) is 5.11. The van der Waals surface area contributed by atoms with E-state index >= 15 is 0 Å². The first-order valence-electron chi connectivity index (χ1n) is 12.1. The van der Waals surface area contributed by atoms with Crippen molar-refractivity contribution in [3.05, 3.63) is 105 Å². The number of carbonyl (C=O) groups excluding carboxylic acids is 1. The number of aryl methyl sites for hydroxylation is 1. The van der Waals surface area contributed by atoms with Crippen LogP contribution in [0.25, 0.3) is 0 Å². The molecule has 3 aromatic rings. The van der Waals surface area contributed by atoms with Gasteiger partial charge in [0.05, 0.1) is 5.92 Å². The molecule has 2 fully saturated rings. The van der Waals surface area contributed by atoms with E-state index in [1.807, 2.05) is 67.6 Å². The molecule has 3 heterocycles. The number of rotatable bonds is 5. The van der Waals surface area contributed by atoms with E-state index < -0.39 is 17.5 Å². The molecule has 6 rings (SSSR count). The van der Waals surface area contributed by atoms with Gasteiger partial charge in [0.15, 0.2) is 5.54 Å². The van der Waals surface area contributed by atoms with Crippen molar-refractivity contribution >= 4 is 11.6 Å². The summed E-state index contributed by atoms with van der Waals surface area (Å²) in [7, 11) is 0. The van der Waals surface area contributed by atoms with Gasteiger partial charge >= 0.3 is 0 Å². The van der Waals surface area contributed by atoms with Crippen LogP contribution in [0, 0.1) is 17.0 Å². The summed E-state index contributed by atoms with van der Waals surface area (Å²) in [6.07, 6.45) is 1.75. The maximum absolute atomic E-state index is 13.5. The normalized spacial score (nSPS) is 27.0. The molecule has 178 valence electrons. The van der Waals surface area contributed by atoms with Crippen LogP contribution >= 0.6 is 0 Å². The average molecular weight is 470 g/mol. The van der Waals surface area contributed by atoms with Gasteiger partial charge in [-0.2, -0.15) is 0 Å². The molecule has 0 unspecified atom stereocenters. The molecule has 0 aliphatic carbocycles. The van der Waals surface area contributed by atoms with Gasteiger partial charge in [-0.25, -0.2) is 0 Å². The summed E-state index contributed by atoms with van der Waals surface area (Å²) in [6.45, 7) is 3.18. The summed E-state index contributed by atoms with van der Waals surface area (Å²) in [5.41, 5.74) is 3.27. The van der Waals surface area contributed by atoms with E-state index in [0.717, 1.165) is 29.5 Å². The minimum absolute atomic E-state index is 0.0679. The number of ether oxygens (including phenoxy) is 1. The fourth-order valence-corrected chi connectivity index (χ4v) is 6.41. The van der Waals surface area contributed by atoms with Crippen molar-refractivity contribution in [1.82, 2.24) is 4.90 Å². The van der Waals surface area contributed by atoms with Crippen molar-refractivity contribution in [3.63, 3.8) is 0 Å². The Balaban J connectivity index is 1.34. The van der Waals surface area contributed by atoms with Crippen LogP contribution in [-0.4, -0.2) is 34.4 Å². The molecule has 3 aromatic carbocycles. The number of benzene rings is 3. The number of nitrogens with one attached hydrogen (secondary N) is 1. The number of nitrogens with zero attached hydrogens (tertiary/aromatic N) is 2. The van der Waals surface area contributed by atoms with E-state index in [-0.39, 0.29) is 16.9 Å². The Morgan fingerprint density at radius 2 is 1.83 bits per heavy atom. The van der Waals surface area contributed by atoms with Crippen LogP contribution < -0.4 is 10.1 Å². The second kappa shape index (κ2) is 8.20. The summed E-state index contributed by atoms with van der Waals surface area (Å²) >= 11 is 0. The Hall–Kier alpha value is -3.71. The first kappa shape index (κ1) is 21.8. The molecule has 7 nitrogen and oxygen atoms in total. The molecule has 0 saturated carbocycles. The minimum atomic E-state index is -1.29. The number of fused-ring (bicyclic) bond motifs is 4. The van der Waals surface area contributed by atoms with Gasteiger partial charge in [-0.15, -0.1) is 0 Å². The second-order valence-electron chi connectivity index (χ2n) is 9.77. The number of carbonyl (C=O) groups is 1. The van der Waals surface area contributed by atoms with Crippen molar-refractivity contribution in [2.24, 2.45) is 0 Å². The van der Waals surface area contributed by atoms with E-state index in [0.29, 0.717) is 24.6 Å². The quantitative estimate of drug-likeness (QED) is 0.435. The van der Waals surface area contributed by atoms with Crippen molar-refractivity contribution < 1.29 is 14.5 Å². The maximum Gasteiger partial charge on any atom is 0.256 e. The van der Waals surface area contributed by atoms with Gasteiger partial charge in [-0.05, 0) is 49.1 Å². The lowest BCUT2D eigenvalue weighted by Crippen LogP contribution is -2.55. The zero-order chi connectivity index (χ0) is 24.2. The van der Waals surface area contributed by atoms with Crippen LogP contribution in [0.4, 0.5) is 5.69 Å². The third kappa shape index (κ3) is 3.26. The number of hydrogen-bond donors (Lipinski definition) is 1. The summed E-state index contributed by atoms with van der Waals surface area (Å²) in [6, 6.07) is 22.1. The lowest BCUT2D eigenvalue weighted by Gasteiger charge is -2.32. The van der Waals surface area contributed by atoms with E-state index in [1.165, 1.54) is 5.56 Å². The molecule has 3 aliphatic heterocycles. The molecule has 1 amide bonds. The molecule has 35 heavy (non-hydrogen) atoms. The van der Waals surface area contributed by atoms with Crippen LogP contribution in [0.15, 0.2) is 72.8 Å². The highest BCUT2D eigenvalue weighted by molar-refractivity contribution is 6.07. The highest BCUT2D eigenvalue weighted by Gasteiger charge is 2.73. The van der Waals surface area contributed by atoms with Crippen LogP contribution in [0.1, 0.15) is 41.0 Å². The van der Waals surface area contributed by atoms with E-state index in [4.69, 9.17) is 4.74 Å². The van der Waals surface area contributed by atoms with Crippen molar-refractivity contribution in [3.8, 4) is 5.75 Å². The summed E-state index contributed by atoms with van der Waals surface area (Å²) in [5, 5.41) is 15.6. The van der Waals surface area contributed by atoms with Gasteiger partial charge in [0, 0.05) is 28.8 Å². The van der Waals surface area contributed by atoms with Crippen LogP contribution in [0.2, 0.25) is 0 Å². The maximum atomic E-state index is 13.5. The standard InChI is InChI=1S/C28H27N3O4/c1-18-8-10-19(11-9-18)17-35-21-14-12-20(13-15-21)25-24-7-4-16-30(24)28(26(25)31(33)34)22-5-2-3-6-23(22)29-27(28)32/h2-3,5-6,8-15,24-26H,4,7,16-17H2,1H3,(H,29,32)/t24-,25+,26+,28+/m0/s1. The molecule has 3 aliphatic rings. The third-order valence-corrected chi connectivity index (χ3v) is 7.89. The Labute approximate surface area is 203 Å². The highest BCUT2D eigenvalue weighted by atomic mass is 16.6. The zero-order valence-electron chi connectivity index (χ0n) is 19.5. The molecule has 7 heteroatoms. The molecule has 0 bridgehead atoms. The molecular weight excluding hydrogens is 442 g/mol. The molecule has 1 spiro atoms. The topological polar surface area (TPSA) is 84.7 Å². The predicted molar refractivity (Wildman–Crippen MR) is 132 cm³/mol. The SMILES string of the molecule is Cc1ccc(COc2ccc([C@@H]3[C@@H]4CCCN4[C@@]4(C(=O)Nc5ccccc54)[C@@H]3[N+](=O)[O-])cc2)cc1. The van der Waals surface area contributed by atoms with Crippen molar-refractivity contribution in [1.29, 1.82) is 0 Å². The van der Waals surface area contributed by atoms with E-state index in [9.17, 15) is 14.9 Å². The Morgan fingerprint density at radius 3 is 2.57 bits per heavy atom. The van der Waals surface area contributed by atoms with Gasteiger partial charge in [0.1, 0.15) is 12.4 Å². The minimum Gasteiger partial charge on any atom is -0.489 e. The van der Waals surface area contributed by atoms with E-state index in [1.54, 1.807) is 0 Å². The van der Waals surface area contributed by atoms with Crippen LogP contribution in [-0.2, 0) is 16.9 Å². The summed E-state index contributed by atoms with van der Waals surface area (Å²) < 4.78 is 5.96. The lowest BCUT2D eigenvalue weighted by molar-refractivity contribution is -0.534. The summed E-state index contributed by atoms with van der Waals surface area (Å²) in [5.74, 6) is 0.0373. The lowest BCUT2D eigenvalue weighted by atomic mass is 9.77. The highest BCUT2D eigenvalue weighted by Crippen LogP contribution is 2.58. The van der Waals surface area contributed by atoms with Crippen molar-refractivity contribution in [2.75, 3.05) is 11.9 Å². The number of anilines is 1. The van der Waals surface area contributed by atoms with Crippen LogP contribution in [0.5, 0.6) is 5.75 Å². The average Bonchev–Trinajstić information content (AvgIpc) is 3.52. The molecular formula is C28H27N3O4. The molecule has 0 aromatic heterocycles. The smallest absolute Gasteiger partial charge is 0.256 e. The first-order chi connectivity index (χ1) is 17.0. The number of para-hydroxylation sites is 1. The Morgan fingerprint density at radius 1 is 1.09 bits per heavy atom. The molecule has 0 radical (unpaired) electrons. The molecule has 4 atom stereocenters. The second-order valence-corrected chi connectivity index (χ2v) is 9.77. The Bertz CT molecular complexity index is 1290. The van der Waals surface area contributed by atoms with Gasteiger partial charge in [-0.1, -0.05) is 60.2 Å². The number of nitro groups is 1. The molecule has 1 N–H and O–H groups in total. The van der Waals surface area contributed by atoms with Gasteiger partial charge in [0.25, 0.3) is 11.9 Å². The predicted octanol–water partition coefficient (Wildman–Crippen LogP) is 4.63. The molecule has 2 saturated heterocycles. The van der Waals surface area contributed by atoms with Gasteiger partial charge in [0.2, 0.25) is 0 Å². The largest absolute Gasteiger partial charge is 0.489 e. The number of amides is 1. The van der Waals surface area contributed by atoms with Crippen molar-refractivity contribution in [2.45, 2.75) is 49.9 Å². The fraction of sp³-hybridized carbons (Fsp3) is 0.321. The van der Waals surface area contributed by atoms with Crippen LogP contribution in [0.3, 0.4) is 0 Å².